The Labute approximate surface area is 119 Å². The molecule has 20 heavy (non-hydrogen) atoms. The van der Waals surface area contributed by atoms with Gasteiger partial charge < -0.3 is 9.72 Å². The van der Waals surface area contributed by atoms with Gasteiger partial charge in [0.2, 0.25) is 0 Å². The van der Waals surface area contributed by atoms with Gasteiger partial charge in [0.1, 0.15) is 0 Å². The summed E-state index contributed by atoms with van der Waals surface area (Å²) >= 11 is 0. The molecule has 1 aliphatic rings. The minimum atomic E-state index is -0.0519. The van der Waals surface area contributed by atoms with Crippen LogP contribution in [0.2, 0.25) is 0 Å². The molecule has 2 atom stereocenters. The van der Waals surface area contributed by atoms with Gasteiger partial charge in [0.15, 0.2) is 0 Å². The largest absolute Gasteiger partial charge is 0.465 e. The Morgan fingerprint density at radius 3 is 3.00 bits per heavy atom. The molecule has 1 N–H and O–H groups in total. The fourth-order valence-corrected chi connectivity index (χ4v) is 2.67. The number of H-pyrrole nitrogens is 1. The molecule has 3 nitrogen and oxygen atoms in total. The molecule has 3 heteroatoms. The quantitative estimate of drug-likeness (QED) is 0.814. The molecule has 0 spiro atoms. The van der Waals surface area contributed by atoms with Crippen molar-refractivity contribution in [1.82, 2.24) is 4.98 Å². The first kappa shape index (κ1) is 13.2. The van der Waals surface area contributed by atoms with Gasteiger partial charge in [0.05, 0.1) is 6.61 Å². The summed E-state index contributed by atoms with van der Waals surface area (Å²) in [7, 11) is 0. The molecule has 1 heterocycles. The van der Waals surface area contributed by atoms with Crippen LogP contribution in [0.4, 0.5) is 0 Å². The number of aromatic amines is 1. The second kappa shape index (κ2) is 5.70. The molecule has 0 bridgehead atoms. The first-order valence-electron chi connectivity index (χ1n) is 7.44. The van der Waals surface area contributed by atoms with Crippen LogP contribution >= 0.6 is 0 Å². The van der Waals surface area contributed by atoms with Crippen LogP contribution in [0.25, 0.3) is 10.9 Å². The van der Waals surface area contributed by atoms with Crippen molar-refractivity contribution in [3.05, 3.63) is 36.0 Å². The minimum Gasteiger partial charge on any atom is -0.465 e. The average molecular weight is 271 g/mol. The molecule has 3 rings (SSSR count). The van der Waals surface area contributed by atoms with Gasteiger partial charge in [-0.25, -0.2) is 0 Å². The number of para-hydroxylation sites is 1. The van der Waals surface area contributed by atoms with Gasteiger partial charge in [-0.3, -0.25) is 4.79 Å². The summed E-state index contributed by atoms with van der Waals surface area (Å²) in [4.78, 5) is 14.9. The van der Waals surface area contributed by atoms with Gasteiger partial charge in [0.25, 0.3) is 0 Å². The lowest BCUT2D eigenvalue weighted by atomic mass is 10.1. The van der Waals surface area contributed by atoms with Crippen molar-refractivity contribution in [3.8, 4) is 0 Å². The number of aryl methyl sites for hydroxylation is 1. The number of aromatic nitrogens is 1. The van der Waals surface area contributed by atoms with Crippen LogP contribution in [0.15, 0.2) is 30.5 Å². The van der Waals surface area contributed by atoms with Crippen LogP contribution in [-0.2, 0) is 16.0 Å². The number of carbonyl (C=O) groups excluding carboxylic acids is 1. The number of benzene rings is 1. The van der Waals surface area contributed by atoms with E-state index in [2.05, 4.69) is 24.0 Å². The van der Waals surface area contributed by atoms with Gasteiger partial charge in [-0.15, -0.1) is 0 Å². The van der Waals surface area contributed by atoms with Crippen LogP contribution in [0.1, 0.15) is 31.7 Å². The Kier molecular flexibility index (Phi) is 3.77. The molecule has 0 saturated heterocycles. The third kappa shape index (κ3) is 3.03. The predicted molar refractivity (Wildman–Crippen MR) is 79.5 cm³/mol. The van der Waals surface area contributed by atoms with Gasteiger partial charge in [-0.2, -0.15) is 0 Å². The zero-order chi connectivity index (χ0) is 13.9. The van der Waals surface area contributed by atoms with Crippen LogP contribution in [0.3, 0.4) is 0 Å². The van der Waals surface area contributed by atoms with Crippen molar-refractivity contribution < 1.29 is 9.53 Å². The predicted octanol–water partition coefficient (Wildman–Crippen LogP) is 3.69. The van der Waals surface area contributed by atoms with Crippen LogP contribution in [0, 0.1) is 11.8 Å². The number of ether oxygens (including phenoxy) is 1. The lowest BCUT2D eigenvalue weighted by molar-refractivity contribution is -0.144. The van der Waals surface area contributed by atoms with Gasteiger partial charge in [0, 0.05) is 23.5 Å². The first-order chi connectivity index (χ1) is 9.74. The zero-order valence-electron chi connectivity index (χ0n) is 11.9. The van der Waals surface area contributed by atoms with Crippen molar-refractivity contribution in [1.29, 1.82) is 0 Å². The summed E-state index contributed by atoms with van der Waals surface area (Å²) in [6.07, 6.45) is 5.53. The molecule has 1 fully saturated rings. The highest BCUT2D eigenvalue weighted by Gasteiger charge is 2.33. The first-order valence-corrected chi connectivity index (χ1v) is 7.44. The Hall–Kier alpha value is -1.77. The molecule has 0 radical (unpaired) electrons. The highest BCUT2D eigenvalue weighted by molar-refractivity contribution is 5.83. The van der Waals surface area contributed by atoms with Gasteiger partial charge in [-0.05, 0) is 42.7 Å². The maximum Gasteiger partial charge on any atom is 0.305 e. The molecule has 2 aromatic rings. The maximum atomic E-state index is 11.6. The summed E-state index contributed by atoms with van der Waals surface area (Å²) < 4.78 is 5.30. The van der Waals surface area contributed by atoms with Crippen molar-refractivity contribution in [2.75, 3.05) is 6.61 Å². The molecule has 1 aromatic heterocycles. The normalized spacial score (nSPS) is 21.1. The fourth-order valence-electron chi connectivity index (χ4n) is 2.67. The molecule has 1 aliphatic carbocycles. The Bertz CT molecular complexity index is 602. The number of nitrogens with one attached hydrogen (secondary N) is 1. The summed E-state index contributed by atoms with van der Waals surface area (Å²) in [5, 5.41) is 1.26. The molecular weight excluding hydrogens is 250 g/mol. The summed E-state index contributed by atoms with van der Waals surface area (Å²) in [6.45, 7) is 2.82. The average Bonchev–Trinajstić information content (AvgIpc) is 3.01. The topological polar surface area (TPSA) is 42.1 Å². The Balaban J connectivity index is 1.44. The van der Waals surface area contributed by atoms with Crippen molar-refractivity contribution in [3.63, 3.8) is 0 Å². The molecule has 1 saturated carbocycles. The molecule has 2 unspecified atom stereocenters. The number of rotatable bonds is 6. The molecule has 1 aromatic carbocycles. The van der Waals surface area contributed by atoms with E-state index in [9.17, 15) is 4.79 Å². The third-order valence-corrected chi connectivity index (χ3v) is 4.24. The number of fused-ring (bicyclic) bond motifs is 1. The third-order valence-electron chi connectivity index (χ3n) is 4.24. The van der Waals surface area contributed by atoms with E-state index in [1.807, 2.05) is 18.3 Å². The van der Waals surface area contributed by atoms with E-state index >= 15 is 0 Å². The molecular formula is C17H21NO2. The lowest BCUT2D eigenvalue weighted by Gasteiger charge is -2.03. The number of hydrogen-bond donors (Lipinski definition) is 1. The van der Waals surface area contributed by atoms with E-state index in [-0.39, 0.29) is 5.97 Å². The second-order valence-electron chi connectivity index (χ2n) is 5.87. The summed E-state index contributed by atoms with van der Waals surface area (Å²) in [5.74, 6) is 1.31. The highest BCUT2D eigenvalue weighted by Crippen LogP contribution is 2.37. The minimum absolute atomic E-state index is 0.0519. The van der Waals surface area contributed by atoms with E-state index < -0.39 is 0 Å². The number of carbonyl (C=O) groups is 1. The Morgan fingerprint density at radius 2 is 2.20 bits per heavy atom. The number of esters is 1. The van der Waals surface area contributed by atoms with E-state index in [1.165, 1.54) is 17.4 Å². The smallest absolute Gasteiger partial charge is 0.305 e. The highest BCUT2D eigenvalue weighted by atomic mass is 16.5. The van der Waals surface area contributed by atoms with Crippen molar-refractivity contribution in [2.45, 2.75) is 32.6 Å². The monoisotopic (exact) mass is 271 g/mol. The van der Waals surface area contributed by atoms with Gasteiger partial charge >= 0.3 is 5.97 Å². The van der Waals surface area contributed by atoms with Gasteiger partial charge in [-0.1, -0.05) is 25.1 Å². The van der Waals surface area contributed by atoms with E-state index in [0.717, 1.165) is 24.3 Å². The molecule has 106 valence electrons. The maximum absolute atomic E-state index is 11.6. The van der Waals surface area contributed by atoms with E-state index in [1.54, 1.807) is 0 Å². The molecule has 0 aliphatic heterocycles. The van der Waals surface area contributed by atoms with Crippen LogP contribution in [-0.4, -0.2) is 17.6 Å². The summed E-state index contributed by atoms with van der Waals surface area (Å²) in [6, 6.07) is 8.27. The SMILES string of the molecule is CC1CC1COC(=O)CCCc1c[nH]c2ccccc12. The molecule has 0 amide bonds. The second-order valence-corrected chi connectivity index (χ2v) is 5.87. The van der Waals surface area contributed by atoms with Crippen molar-refractivity contribution in [2.24, 2.45) is 11.8 Å². The van der Waals surface area contributed by atoms with Crippen LogP contribution < -0.4 is 0 Å². The zero-order valence-corrected chi connectivity index (χ0v) is 11.9. The summed E-state index contributed by atoms with van der Waals surface area (Å²) in [5.41, 5.74) is 2.44. The standard InChI is InChI=1S/C17H21NO2/c1-12-9-14(12)11-20-17(19)8-4-5-13-10-18-16-7-3-2-6-15(13)16/h2-3,6-7,10,12,14,18H,4-5,8-9,11H2,1H3. The number of hydrogen-bond acceptors (Lipinski definition) is 2. The Morgan fingerprint density at radius 1 is 1.40 bits per heavy atom. The van der Waals surface area contributed by atoms with Crippen molar-refractivity contribution >= 4 is 16.9 Å². The van der Waals surface area contributed by atoms with E-state index in [4.69, 9.17) is 4.74 Å². The lowest BCUT2D eigenvalue weighted by Crippen LogP contribution is -2.07. The van der Waals surface area contributed by atoms with Crippen LogP contribution in [0.5, 0.6) is 0 Å². The van der Waals surface area contributed by atoms with E-state index in [0.29, 0.717) is 18.9 Å². The fraction of sp³-hybridized carbons (Fsp3) is 0.471.